The molecule has 2 aromatic carbocycles. The van der Waals surface area contributed by atoms with Crippen molar-refractivity contribution in [2.75, 3.05) is 4.90 Å². The number of hydrogen-bond acceptors (Lipinski definition) is 4. The lowest BCUT2D eigenvalue weighted by atomic mass is 10.1. The Hall–Kier alpha value is -3.05. The van der Waals surface area contributed by atoms with E-state index < -0.39 is 0 Å². The van der Waals surface area contributed by atoms with Gasteiger partial charge in [0.05, 0.1) is 28.9 Å². The first-order valence-corrected chi connectivity index (χ1v) is 9.62. The fourth-order valence-corrected chi connectivity index (χ4v) is 3.85. The van der Waals surface area contributed by atoms with Crippen LogP contribution in [0, 0.1) is 6.92 Å². The van der Waals surface area contributed by atoms with Crippen molar-refractivity contribution in [1.82, 2.24) is 9.97 Å². The Balaban J connectivity index is 1.66. The molecule has 1 amide bonds. The highest BCUT2D eigenvalue weighted by Gasteiger charge is 2.21. The first-order chi connectivity index (χ1) is 13.2. The van der Waals surface area contributed by atoms with Crippen LogP contribution in [0.25, 0.3) is 10.2 Å². The predicted molar refractivity (Wildman–Crippen MR) is 110 cm³/mol. The minimum Gasteiger partial charge on any atom is -0.282 e. The Labute approximate surface area is 162 Å². The van der Waals surface area contributed by atoms with Crippen LogP contribution in [0.15, 0.2) is 72.9 Å². The van der Waals surface area contributed by atoms with E-state index in [0.717, 1.165) is 21.5 Å². The Morgan fingerprint density at radius 2 is 1.78 bits per heavy atom. The standard InChI is InChI=1S/C22H19N3OS/c1-16-9-11-17(12-10-16)14-21(26)25(15-18-6-4-5-13-23-18)22-24-19-7-2-3-8-20(19)27-22/h2-13H,14-15H2,1H3. The van der Waals surface area contributed by atoms with E-state index in [4.69, 9.17) is 0 Å². The molecule has 0 aliphatic heterocycles. The fourth-order valence-electron chi connectivity index (χ4n) is 2.87. The van der Waals surface area contributed by atoms with Crippen LogP contribution < -0.4 is 4.90 Å². The van der Waals surface area contributed by atoms with Crippen LogP contribution in [0.1, 0.15) is 16.8 Å². The molecule has 0 N–H and O–H groups in total. The summed E-state index contributed by atoms with van der Waals surface area (Å²) in [4.78, 5) is 24.0. The fraction of sp³-hybridized carbons (Fsp3) is 0.136. The van der Waals surface area contributed by atoms with Gasteiger partial charge in [0, 0.05) is 6.20 Å². The molecular weight excluding hydrogens is 354 g/mol. The smallest absolute Gasteiger partial charge is 0.233 e. The number of aromatic nitrogens is 2. The molecule has 0 saturated carbocycles. The monoisotopic (exact) mass is 373 g/mol. The summed E-state index contributed by atoms with van der Waals surface area (Å²) in [6.07, 6.45) is 2.08. The van der Waals surface area contributed by atoms with Crippen molar-refractivity contribution in [1.29, 1.82) is 0 Å². The summed E-state index contributed by atoms with van der Waals surface area (Å²) >= 11 is 1.53. The van der Waals surface area contributed by atoms with Crippen molar-refractivity contribution in [3.8, 4) is 0 Å². The van der Waals surface area contributed by atoms with E-state index in [1.807, 2.05) is 73.7 Å². The Morgan fingerprint density at radius 1 is 1.00 bits per heavy atom. The van der Waals surface area contributed by atoms with Crippen molar-refractivity contribution in [2.45, 2.75) is 19.9 Å². The molecule has 4 rings (SSSR count). The van der Waals surface area contributed by atoms with E-state index in [1.165, 1.54) is 16.9 Å². The van der Waals surface area contributed by atoms with Crippen LogP contribution in [-0.2, 0) is 17.8 Å². The van der Waals surface area contributed by atoms with Crippen molar-refractivity contribution >= 4 is 32.6 Å². The van der Waals surface area contributed by atoms with Crippen molar-refractivity contribution in [3.63, 3.8) is 0 Å². The maximum Gasteiger partial charge on any atom is 0.233 e. The quantitative estimate of drug-likeness (QED) is 0.506. The largest absolute Gasteiger partial charge is 0.282 e. The number of rotatable bonds is 5. The second-order valence-electron chi connectivity index (χ2n) is 6.43. The normalized spacial score (nSPS) is 10.9. The molecule has 0 bridgehead atoms. The molecule has 2 heterocycles. The molecule has 0 atom stereocenters. The Kier molecular flexibility index (Phi) is 4.94. The average Bonchev–Trinajstić information content (AvgIpc) is 3.12. The number of fused-ring (bicyclic) bond motifs is 1. The van der Waals surface area contributed by atoms with Crippen LogP contribution >= 0.6 is 11.3 Å². The van der Waals surface area contributed by atoms with Gasteiger partial charge < -0.3 is 0 Å². The molecule has 0 saturated heterocycles. The van der Waals surface area contributed by atoms with Gasteiger partial charge in [0.15, 0.2) is 5.13 Å². The number of anilines is 1. The molecule has 2 aromatic heterocycles. The van der Waals surface area contributed by atoms with E-state index in [1.54, 1.807) is 11.1 Å². The van der Waals surface area contributed by atoms with Crippen molar-refractivity contribution in [3.05, 3.63) is 89.7 Å². The predicted octanol–water partition coefficient (Wildman–Crippen LogP) is 4.78. The van der Waals surface area contributed by atoms with E-state index >= 15 is 0 Å². The van der Waals surface area contributed by atoms with E-state index in [-0.39, 0.29) is 5.91 Å². The second kappa shape index (κ2) is 7.68. The number of para-hydroxylation sites is 1. The zero-order valence-corrected chi connectivity index (χ0v) is 15.8. The molecule has 4 nitrogen and oxygen atoms in total. The third-order valence-corrected chi connectivity index (χ3v) is 5.40. The topological polar surface area (TPSA) is 46.1 Å². The van der Waals surface area contributed by atoms with Gasteiger partial charge in [0.25, 0.3) is 0 Å². The lowest BCUT2D eigenvalue weighted by molar-refractivity contribution is -0.118. The lowest BCUT2D eigenvalue weighted by Crippen LogP contribution is -2.32. The first kappa shape index (κ1) is 17.4. The van der Waals surface area contributed by atoms with Crippen LogP contribution in [0.5, 0.6) is 0 Å². The zero-order valence-electron chi connectivity index (χ0n) is 15.0. The molecule has 0 radical (unpaired) electrons. The molecule has 134 valence electrons. The maximum absolute atomic E-state index is 13.1. The lowest BCUT2D eigenvalue weighted by Gasteiger charge is -2.19. The number of nitrogens with zero attached hydrogens (tertiary/aromatic N) is 3. The number of hydrogen-bond donors (Lipinski definition) is 0. The van der Waals surface area contributed by atoms with Gasteiger partial charge in [0.2, 0.25) is 5.91 Å². The summed E-state index contributed by atoms with van der Waals surface area (Å²) in [6.45, 7) is 2.45. The van der Waals surface area contributed by atoms with Gasteiger partial charge in [-0.05, 0) is 36.8 Å². The highest BCUT2D eigenvalue weighted by atomic mass is 32.1. The summed E-state index contributed by atoms with van der Waals surface area (Å²) in [5, 5.41) is 0.707. The third-order valence-electron chi connectivity index (χ3n) is 4.34. The highest BCUT2D eigenvalue weighted by Crippen LogP contribution is 2.30. The molecule has 4 aromatic rings. The summed E-state index contributed by atoms with van der Waals surface area (Å²) in [6, 6.07) is 21.8. The highest BCUT2D eigenvalue weighted by molar-refractivity contribution is 7.22. The van der Waals surface area contributed by atoms with Gasteiger partial charge in [-0.1, -0.05) is 59.4 Å². The van der Waals surface area contributed by atoms with Crippen molar-refractivity contribution < 1.29 is 4.79 Å². The van der Waals surface area contributed by atoms with Gasteiger partial charge in [0.1, 0.15) is 0 Å². The number of thiazole rings is 1. The molecule has 0 aliphatic rings. The number of aryl methyl sites for hydroxylation is 1. The van der Waals surface area contributed by atoms with Gasteiger partial charge >= 0.3 is 0 Å². The second-order valence-corrected chi connectivity index (χ2v) is 7.44. The molecule has 0 fully saturated rings. The average molecular weight is 373 g/mol. The number of benzene rings is 2. The zero-order chi connectivity index (χ0) is 18.6. The van der Waals surface area contributed by atoms with E-state index in [2.05, 4.69) is 9.97 Å². The summed E-state index contributed by atoms with van der Waals surface area (Å²) in [5.74, 6) is 0.0172. The van der Waals surface area contributed by atoms with Crippen molar-refractivity contribution in [2.24, 2.45) is 0 Å². The molecule has 0 spiro atoms. The summed E-state index contributed by atoms with van der Waals surface area (Å²) in [5.41, 5.74) is 3.93. The molecule has 0 aliphatic carbocycles. The van der Waals surface area contributed by atoms with Gasteiger partial charge in [-0.15, -0.1) is 0 Å². The number of pyridine rings is 1. The minimum absolute atomic E-state index is 0.0172. The van der Waals surface area contributed by atoms with E-state index in [9.17, 15) is 4.79 Å². The molecular formula is C22H19N3OS. The number of carbonyl (C=O) groups is 1. The van der Waals surface area contributed by atoms with Crippen LogP contribution in [0.2, 0.25) is 0 Å². The number of carbonyl (C=O) groups excluding carboxylic acids is 1. The third kappa shape index (κ3) is 4.04. The maximum atomic E-state index is 13.1. The Morgan fingerprint density at radius 3 is 2.52 bits per heavy atom. The minimum atomic E-state index is 0.0172. The summed E-state index contributed by atoms with van der Waals surface area (Å²) in [7, 11) is 0. The molecule has 0 unspecified atom stereocenters. The van der Waals surface area contributed by atoms with Crippen LogP contribution in [0.4, 0.5) is 5.13 Å². The molecule has 27 heavy (non-hydrogen) atoms. The van der Waals surface area contributed by atoms with Gasteiger partial charge in [-0.3, -0.25) is 14.7 Å². The van der Waals surface area contributed by atoms with Gasteiger partial charge in [-0.25, -0.2) is 4.98 Å². The van der Waals surface area contributed by atoms with Gasteiger partial charge in [-0.2, -0.15) is 0 Å². The SMILES string of the molecule is Cc1ccc(CC(=O)N(Cc2ccccn2)c2nc3ccccc3s2)cc1. The van der Waals surface area contributed by atoms with E-state index in [0.29, 0.717) is 18.1 Å². The first-order valence-electron chi connectivity index (χ1n) is 8.80. The Bertz CT molecular complexity index is 1020. The van der Waals surface area contributed by atoms with Crippen LogP contribution in [-0.4, -0.2) is 15.9 Å². The number of amides is 1. The molecule has 5 heteroatoms. The summed E-state index contributed by atoms with van der Waals surface area (Å²) < 4.78 is 1.07. The van der Waals surface area contributed by atoms with Crippen LogP contribution in [0.3, 0.4) is 0 Å².